The molecule has 1 aliphatic heterocycles. The van der Waals surface area contributed by atoms with Gasteiger partial charge in [0.05, 0.1) is 25.4 Å². The predicted molar refractivity (Wildman–Crippen MR) is 117 cm³/mol. The molecule has 0 saturated heterocycles. The van der Waals surface area contributed by atoms with Crippen LogP contribution in [0.25, 0.3) is 20.4 Å². The Kier molecular flexibility index (Phi) is 4.43. The lowest BCUT2D eigenvalue weighted by molar-refractivity contribution is 0.206. The summed E-state index contributed by atoms with van der Waals surface area (Å²) >= 11 is 15.5. The molecule has 9 heteroatoms. The van der Waals surface area contributed by atoms with Crippen LogP contribution in [0.2, 0.25) is 10.0 Å². The van der Waals surface area contributed by atoms with Gasteiger partial charge < -0.3 is 4.90 Å². The first kappa shape index (κ1) is 18.1. The zero-order valence-corrected chi connectivity index (χ0v) is 17.9. The molecule has 2 amide bonds. The third-order valence-electron chi connectivity index (χ3n) is 4.77. The van der Waals surface area contributed by atoms with Crippen molar-refractivity contribution in [2.75, 3.05) is 11.9 Å². The summed E-state index contributed by atoms with van der Waals surface area (Å²) in [5.41, 5.74) is 3.90. The molecule has 5 rings (SSSR count). The van der Waals surface area contributed by atoms with Crippen LogP contribution in [0.1, 0.15) is 16.1 Å². The van der Waals surface area contributed by atoms with Crippen LogP contribution in [0.3, 0.4) is 0 Å². The number of urea groups is 1. The number of amides is 2. The smallest absolute Gasteiger partial charge is 0.320 e. The van der Waals surface area contributed by atoms with E-state index in [1.807, 2.05) is 25.1 Å². The largest absolute Gasteiger partial charge is 0.323 e. The SMILES string of the molecule is Cc1nc2ccc3nc(NC(=O)N4CCc5cc(Cl)cc(Cl)c5C4)sc3c2s1. The number of carbonyl (C=O) groups is 1. The van der Waals surface area contributed by atoms with Crippen LogP contribution < -0.4 is 5.32 Å². The van der Waals surface area contributed by atoms with Crippen molar-refractivity contribution >= 4 is 77.5 Å². The predicted octanol–water partition coefficient (Wildman–Crippen LogP) is 6.11. The van der Waals surface area contributed by atoms with Crippen LogP contribution in [-0.4, -0.2) is 27.4 Å². The molecular formula is C19H14Cl2N4OS2. The van der Waals surface area contributed by atoms with Gasteiger partial charge in [-0.15, -0.1) is 11.3 Å². The Bertz CT molecular complexity index is 1250. The topological polar surface area (TPSA) is 58.1 Å². The maximum absolute atomic E-state index is 12.8. The molecule has 0 saturated carbocycles. The van der Waals surface area contributed by atoms with E-state index in [1.54, 1.807) is 22.3 Å². The molecule has 1 N–H and O–H groups in total. The molecule has 28 heavy (non-hydrogen) atoms. The van der Waals surface area contributed by atoms with E-state index in [1.165, 1.54) is 11.3 Å². The van der Waals surface area contributed by atoms with E-state index >= 15 is 0 Å². The monoisotopic (exact) mass is 448 g/mol. The Morgan fingerprint density at radius 1 is 1.14 bits per heavy atom. The van der Waals surface area contributed by atoms with Crippen LogP contribution in [0.4, 0.5) is 9.93 Å². The summed E-state index contributed by atoms with van der Waals surface area (Å²) in [5, 5.41) is 5.78. The van der Waals surface area contributed by atoms with Gasteiger partial charge in [-0.2, -0.15) is 0 Å². The summed E-state index contributed by atoms with van der Waals surface area (Å²) in [6, 6.07) is 7.39. The summed E-state index contributed by atoms with van der Waals surface area (Å²) in [7, 11) is 0. The average Bonchev–Trinajstić information content (AvgIpc) is 3.23. The van der Waals surface area contributed by atoms with Crippen molar-refractivity contribution in [2.24, 2.45) is 0 Å². The summed E-state index contributed by atoms with van der Waals surface area (Å²) in [6.07, 6.45) is 0.726. The summed E-state index contributed by atoms with van der Waals surface area (Å²) in [6.45, 7) is 3.06. The second kappa shape index (κ2) is 6.84. The van der Waals surface area contributed by atoms with Gasteiger partial charge >= 0.3 is 6.03 Å². The first-order valence-electron chi connectivity index (χ1n) is 8.67. The molecule has 0 spiro atoms. The number of aromatic nitrogens is 2. The zero-order chi connectivity index (χ0) is 19.4. The van der Waals surface area contributed by atoms with Gasteiger partial charge in [0.2, 0.25) is 0 Å². The molecule has 142 valence electrons. The normalized spacial score (nSPS) is 13.9. The molecule has 0 bridgehead atoms. The fourth-order valence-electron chi connectivity index (χ4n) is 3.46. The van der Waals surface area contributed by atoms with Crippen LogP contribution >= 0.6 is 45.9 Å². The van der Waals surface area contributed by atoms with Crippen molar-refractivity contribution in [1.29, 1.82) is 0 Å². The van der Waals surface area contributed by atoms with Gasteiger partial charge in [0, 0.05) is 23.1 Å². The number of aryl methyl sites for hydroxylation is 1. The van der Waals surface area contributed by atoms with Gasteiger partial charge in [-0.25, -0.2) is 14.8 Å². The number of nitrogens with zero attached hydrogens (tertiary/aromatic N) is 3. The van der Waals surface area contributed by atoms with Gasteiger partial charge in [0.25, 0.3) is 0 Å². The molecule has 2 aromatic carbocycles. The molecule has 3 heterocycles. The fourth-order valence-corrected chi connectivity index (χ4v) is 6.06. The number of carbonyl (C=O) groups excluding carboxylic acids is 1. The lowest BCUT2D eigenvalue weighted by Crippen LogP contribution is -2.39. The van der Waals surface area contributed by atoms with E-state index in [-0.39, 0.29) is 6.03 Å². The maximum Gasteiger partial charge on any atom is 0.323 e. The van der Waals surface area contributed by atoms with Gasteiger partial charge in [0.1, 0.15) is 0 Å². The summed E-state index contributed by atoms with van der Waals surface area (Å²) in [5.74, 6) is 0. The average molecular weight is 449 g/mol. The van der Waals surface area contributed by atoms with Crippen LogP contribution in [0.5, 0.6) is 0 Å². The Hall–Kier alpha value is -1.93. The third kappa shape index (κ3) is 3.12. The molecule has 0 radical (unpaired) electrons. The molecule has 0 fully saturated rings. The number of fused-ring (bicyclic) bond motifs is 4. The second-order valence-electron chi connectivity index (χ2n) is 6.64. The highest BCUT2D eigenvalue weighted by Crippen LogP contribution is 2.36. The van der Waals surface area contributed by atoms with Crippen LogP contribution in [0.15, 0.2) is 24.3 Å². The van der Waals surface area contributed by atoms with E-state index in [2.05, 4.69) is 15.3 Å². The van der Waals surface area contributed by atoms with Crippen molar-refractivity contribution < 1.29 is 4.79 Å². The summed E-state index contributed by atoms with van der Waals surface area (Å²) < 4.78 is 2.17. The molecule has 2 aromatic heterocycles. The molecule has 0 aliphatic carbocycles. The first-order chi connectivity index (χ1) is 13.5. The minimum atomic E-state index is -0.174. The Balaban J connectivity index is 1.40. The van der Waals surface area contributed by atoms with Gasteiger partial charge in [-0.1, -0.05) is 34.5 Å². The minimum absolute atomic E-state index is 0.174. The van der Waals surface area contributed by atoms with E-state index in [9.17, 15) is 4.79 Å². The van der Waals surface area contributed by atoms with E-state index in [0.29, 0.717) is 28.3 Å². The first-order valence-corrected chi connectivity index (χ1v) is 11.1. The number of rotatable bonds is 1. The van der Waals surface area contributed by atoms with E-state index in [4.69, 9.17) is 23.2 Å². The molecule has 0 atom stereocenters. The molecule has 0 unspecified atom stereocenters. The van der Waals surface area contributed by atoms with E-state index in [0.717, 1.165) is 43.0 Å². The van der Waals surface area contributed by atoms with Crippen molar-refractivity contribution in [1.82, 2.24) is 14.9 Å². The third-order valence-corrected chi connectivity index (χ3v) is 7.47. The van der Waals surface area contributed by atoms with Crippen molar-refractivity contribution in [2.45, 2.75) is 19.9 Å². The molecular weight excluding hydrogens is 435 g/mol. The number of anilines is 1. The fraction of sp³-hybridized carbons (Fsp3) is 0.211. The summed E-state index contributed by atoms with van der Waals surface area (Å²) in [4.78, 5) is 23.7. The van der Waals surface area contributed by atoms with Gasteiger partial charge in [0.15, 0.2) is 5.13 Å². The van der Waals surface area contributed by atoms with Crippen molar-refractivity contribution in [3.05, 3.63) is 50.4 Å². The maximum atomic E-state index is 12.8. The number of hydrogen-bond acceptors (Lipinski definition) is 5. The number of thiazole rings is 2. The zero-order valence-electron chi connectivity index (χ0n) is 14.8. The highest BCUT2D eigenvalue weighted by atomic mass is 35.5. The Labute approximate surface area is 178 Å². The van der Waals surface area contributed by atoms with Gasteiger partial charge in [-0.05, 0) is 48.7 Å². The second-order valence-corrected chi connectivity index (χ2v) is 9.69. The van der Waals surface area contributed by atoms with E-state index < -0.39 is 0 Å². The van der Waals surface area contributed by atoms with Crippen molar-refractivity contribution in [3.8, 4) is 0 Å². The highest BCUT2D eigenvalue weighted by molar-refractivity contribution is 7.28. The standard InChI is InChI=1S/C19H14Cl2N4OS2/c1-9-22-14-2-3-15-17(16(14)27-9)28-18(23-15)24-19(26)25-5-4-10-6-11(20)7-13(21)12(10)8-25/h2-3,6-7H,4-5,8H2,1H3,(H,23,24,26). The van der Waals surface area contributed by atoms with Crippen LogP contribution in [-0.2, 0) is 13.0 Å². The number of benzene rings is 2. The Morgan fingerprint density at radius 3 is 2.71 bits per heavy atom. The van der Waals surface area contributed by atoms with Crippen LogP contribution in [0, 0.1) is 6.92 Å². The number of hydrogen-bond donors (Lipinski definition) is 1. The molecule has 5 nitrogen and oxygen atoms in total. The lowest BCUT2D eigenvalue weighted by Gasteiger charge is -2.29. The van der Waals surface area contributed by atoms with Gasteiger partial charge in [-0.3, -0.25) is 5.32 Å². The number of nitrogens with one attached hydrogen (secondary N) is 1. The number of halogens is 2. The highest BCUT2D eigenvalue weighted by Gasteiger charge is 2.24. The molecule has 1 aliphatic rings. The Morgan fingerprint density at radius 2 is 1.89 bits per heavy atom. The van der Waals surface area contributed by atoms with Crippen molar-refractivity contribution in [3.63, 3.8) is 0 Å². The molecule has 4 aromatic rings. The quantitative estimate of drug-likeness (QED) is 0.381. The minimum Gasteiger partial charge on any atom is -0.320 e. The lowest BCUT2D eigenvalue weighted by atomic mass is 10.00.